The largest absolute Gasteiger partial charge is 0.484 e. The molecular formula is C28H44N4O3. The maximum absolute atomic E-state index is 12.9. The summed E-state index contributed by atoms with van der Waals surface area (Å²) in [6.45, 7) is 13.5. The molecule has 0 N–H and O–H groups in total. The van der Waals surface area contributed by atoms with E-state index in [9.17, 15) is 9.59 Å². The highest BCUT2D eigenvalue weighted by atomic mass is 16.5. The Morgan fingerprint density at radius 3 is 1.97 bits per heavy atom. The number of amides is 2. The molecule has 194 valence electrons. The molecule has 2 heterocycles. The highest BCUT2D eigenvalue weighted by Crippen LogP contribution is 2.25. The van der Waals surface area contributed by atoms with Gasteiger partial charge in [-0.3, -0.25) is 19.4 Å². The molecule has 0 aromatic heterocycles. The second-order valence-corrected chi connectivity index (χ2v) is 11.4. The number of piperazine rings is 2. The molecule has 1 aliphatic carbocycles. The fourth-order valence-corrected chi connectivity index (χ4v) is 5.52. The third-order valence-electron chi connectivity index (χ3n) is 7.92. The number of ether oxygens (including phenoxy) is 1. The van der Waals surface area contributed by atoms with Crippen molar-refractivity contribution in [3.05, 3.63) is 29.8 Å². The van der Waals surface area contributed by atoms with E-state index < -0.39 is 0 Å². The van der Waals surface area contributed by atoms with E-state index in [-0.39, 0.29) is 23.8 Å². The van der Waals surface area contributed by atoms with Crippen LogP contribution >= 0.6 is 0 Å². The highest BCUT2D eigenvalue weighted by molar-refractivity contribution is 5.79. The summed E-state index contributed by atoms with van der Waals surface area (Å²) in [5, 5.41) is 0. The second-order valence-electron chi connectivity index (χ2n) is 11.4. The summed E-state index contributed by atoms with van der Waals surface area (Å²) < 4.78 is 5.74. The zero-order valence-electron chi connectivity index (χ0n) is 22.0. The third kappa shape index (κ3) is 7.20. The number of benzene rings is 1. The Hall–Kier alpha value is -2.12. The summed E-state index contributed by atoms with van der Waals surface area (Å²) >= 11 is 0. The summed E-state index contributed by atoms with van der Waals surface area (Å²) in [6, 6.07) is 8.73. The average Bonchev–Trinajstić information content (AvgIpc) is 2.88. The van der Waals surface area contributed by atoms with E-state index in [4.69, 9.17) is 4.74 Å². The molecule has 7 nitrogen and oxygen atoms in total. The number of hydrogen-bond acceptors (Lipinski definition) is 5. The third-order valence-corrected chi connectivity index (χ3v) is 7.92. The van der Waals surface area contributed by atoms with Gasteiger partial charge in [-0.2, -0.15) is 0 Å². The lowest BCUT2D eigenvalue weighted by molar-refractivity contribution is -0.137. The molecule has 4 rings (SSSR count). The lowest BCUT2D eigenvalue weighted by Crippen LogP contribution is -2.56. The van der Waals surface area contributed by atoms with Crippen LogP contribution in [0.1, 0.15) is 58.4 Å². The topological polar surface area (TPSA) is 56.3 Å². The Labute approximate surface area is 211 Å². The molecule has 2 saturated heterocycles. The second kappa shape index (κ2) is 11.7. The summed E-state index contributed by atoms with van der Waals surface area (Å²) in [5.41, 5.74) is 1.34. The Kier molecular flexibility index (Phi) is 8.71. The molecule has 2 amide bonds. The summed E-state index contributed by atoms with van der Waals surface area (Å²) in [7, 11) is 0. The van der Waals surface area contributed by atoms with Crippen LogP contribution < -0.4 is 4.74 Å². The minimum Gasteiger partial charge on any atom is -0.484 e. The van der Waals surface area contributed by atoms with Crippen LogP contribution in [0, 0.1) is 0 Å². The Morgan fingerprint density at radius 2 is 1.37 bits per heavy atom. The van der Waals surface area contributed by atoms with Gasteiger partial charge < -0.3 is 14.5 Å². The normalized spacial score (nSPS) is 21.2. The fourth-order valence-electron chi connectivity index (χ4n) is 5.52. The van der Waals surface area contributed by atoms with Gasteiger partial charge in [0.1, 0.15) is 5.75 Å². The Morgan fingerprint density at radius 1 is 0.800 bits per heavy atom. The lowest BCUT2D eigenvalue weighted by atomic mass is 9.87. The van der Waals surface area contributed by atoms with Crippen LogP contribution in [-0.2, 0) is 15.0 Å². The predicted molar refractivity (Wildman–Crippen MR) is 139 cm³/mol. The van der Waals surface area contributed by atoms with Crippen molar-refractivity contribution in [1.29, 1.82) is 0 Å². The zero-order chi connectivity index (χ0) is 24.8. The van der Waals surface area contributed by atoms with Gasteiger partial charge in [0, 0.05) is 58.4 Å². The quantitative estimate of drug-likeness (QED) is 0.621. The molecule has 1 saturated carbocycles. The van der Waals surface area contributed by atoms with Crippen LogP contribution in [-0.4, -0.2) is 103 Å². The van der Waals surface area contributed by atoms with E-state index in [1.807, 2.05) is 21.9 Å². The van der Waals surface area contributed by atoms with Gasteiger partial charge in [0.25, 0.3) is 5.91 Å². The number of hydrogen-bond donors (Lipinski definition) is 0. The molecule has 0 atom stereocenters. The van der Waals surface area contributed by atoms with Crippen LogP contribution in [0.3, 0.4) is 0 Å². The lowest BCUT2D eigenvalue weighted by Gasteiger charge is -2.41. The van der Waals surface area contributed by atoms with Crippen LogP contribution in [0.4, 0.5) is 0 Å². The van der Waals surface area contributed by atoms with E-state index in [0.29, 0.717) is 19.6 Å². The summed E-state index contributed by atoms with van der Waals surface area (Å²) in [5.74, 6) is 0.962. The van der Waals surface area contributed by atoms with E-state index in [1.165, 1.54) is 37.7 Å². The van der Waals surface area contributed by atoms with E-state index in [0.717, 1.165) is 51.1 Å². The monoisotopic (exact) mass is 484 g/mol. The number of carbonyl (C=O) groups excluding carboxylic acids is 2. The van der Waals surface area contributed by atoms with Crippen molar-refractivity contribution < 1.29 is 14.3 Å². The van der Waals surface area contributed by atoms with E-state index in [2.05, 4.69) is 42.7 Å². The minimum absolute atomic E-state index is 0.00899. The first-order valence-electron chi connectivity index (χ1n) is 13.5. The highest BCUT2D eigenvalue weighted by Gasteiger charge is 2.29. The van der Waals surface area contributed by atoms with Gasteiger partial charge in [-0.05, 0) is 36.0 Å². The molecule has 3 aliphatic rings. The van der Waals surface area contributed by atoms with Crippen molar-refractivity contribution in [2.45, 2.75) is 64.3 Å². The molecule has 3 fully saturated rings. The van der Waals surface area contributed by atoms with Gasteiger partial charge in [0.15, 0.2) is 6.61 Å². The zero-order valence-corrected chi connectivity index (χ0v) is 22.0. The van der Waals surface area contributed by atoms with Crippen molar-refractivity contribution in [2.75, 3.05) is 65.5 Å². The molecule has 0 spiro atoms. The molecule has 0 unspecified atom stereocenters. The Balaban J connectivity index is 1.14. The summed E-state index contributed by atoms with van der Waals surface area (Å²) in [6.07, 6.45) is 6.74. The molecule has 0 bridgehead atoms. The van der Waals surface area contributed by atoms with Crippen LogP contribution in [0.2, 0.25) is 0 Å². The van der Waals surface area contributed by atoms with Crippen LogP contribution in [0.15, 0.2) is 24.3 Å². The predicted octanol–water partition coefficient (Wildman–Crippen LogP) is 2.98. The fraction of sp³-hybridized carbons (Fsp3) is 0.714. The standard InChI is InChI=1S/C28H44N4O3/c1-28(2,3)23-9-11-25(12-10-23)35-22-27(34)32-15-13-29(14-16-32)21-26(33)31-19-17-30(18-20-31)24-7-5-4-6-8-24/h9-12,24H,4-8,13-22H2,1-3H3. The van der Waals surface area contributed by atoms with Crippen molar-refractivity contribution in [3.63, 3.8) is 0 Å². The first-order valence-corrected chi connectivity index (χ1v) is 13.5. The first kappa shape index (κ1) is 26.0. The minimum atomic E-state index is 0.00899. The first-order chi connectivity index (χ1) is 16.8. The maximum Gasteiger partial charge on any atom is 0.260 e. The molecule has 7 heteroatoms. The van der Waals surface area contributed by atoms with Crippen molar-refractivity contribution in [1.82, 2.24) is 19.6 Å². The molecule has 1 aromatic rings. The van der Waals surface area contributed by atoms with Crippen LogP contribution in [0.25, 0.3) is 0 Å². The van der Waals surface area contributed by atoms with Crippen molar-refractivity contribution >= 4 is 11.8 Å². The Bertz CT molecular complexity index is 829. The smallest absolute Gasteiger partial charge is 0.260 e. The van der Waals surface area contributed by atoms with Gasteiger partial charge in [0.2, 0.25) is 5.91 Å². The number of rotatable bonds is 6. The molecule has 2 aliphatic heterocycles. The van der Waals surface area contributed by atoms with Gasteiger partial charge >= 0.3 is 0 Å². The maximum atomic E-state index is 12.9. The molecular weight excluding hydrogens is 440 g/mol. The number of carbonyl (C=O) groups is 2. The van der Waals surface area contributed by atoms with E-state index >= 15 is 0 Å². The number of nitrogens with zero attached hydrogens (tertiary/aromatic N) is 4. The van der Waals surface area contributed by atoms with Gasteiger partial charge in [-0.25, -0.2) is 0 Å². The van der Waals surface area contributed by atoms with Crippen molar-refractivity contribution in [2.24, 2.45) is 0 Å². The average molecular weight is 485 g/mol. The molecule has 1 aromatic carbocycles. The molecule has 0 radical (unpaired) electrons. The van der Waals surface area contributed by atoms with Gasteiger partial charge in [-0.15, -0.1) is 0 Å². The summed E-state index contributed by atoms with van der Waals surface area (Å²) in [4.78, 5) is 34.2. The van der Waals surface area contributed by atoms with Gasteiger partial charge in [-0.1, -0.05) is 52.2 Å². The SMILES string of the molecule is CC(C)(C)c1ccc(OCC(=O)N2CCN(CC(=O)N3CCN(C4CCCCC4)CC3)CC2)cc1. The van der Waals surface area contributed by atoms with E-state index in [1.54, 1.807) is 0 Å². The van der Waals surface area contributed by atoms with Crippen molar-refractivity contribution in [3.8, 4) is 5.75 Å². The van der Waals surface area contributed by atoms with Gasteiger partial charge in [0.05, 0.1) is 6.54 Å². The van der Waals surface area contributed by atoms with Crippen LogP contribution in [0.5, 0.6) is 5.75 Å². The molecule has 35 heavy (non-hydrogen) atoms.